The van der Waals surface area contributed by atoms with Crippen molar-refractivity contribution in [2.45, 2.75) is 57.7 Å². The Bertz CT molecular complexity index is 273. The smallest absolute Gasteiger partial charge is 0.410 e. The third-order valence-electron chi connectivity index (χ3n) is 3.25. The summed E-state index contributed by atoms with van der Waals surface area (Å²) in [4.78, 5) is 13.9. The maximum absolute atomic E-state index is 12.0. The predicted octanol–water partition coefficient (Wildman–Crippen LogP) is 1.75. The predicted molar refractivity (Wildman–Crippen MR) is 62.4 cm³/mol. The zero-order valence-electron chi connectivity index (χ0n) is 10.5. The number of likely N-dealkylation sites (tertiary alicyclic amines) is 1. The number of carbonyl (C=O) groups is 1. The number of hydrogen-bond donors (Lipinski definition) is 1. The minimum atomic E-state index is -0.393. The molecule has 0 saturated carbocycles. The molecule has 1 amide bonds. The fraction of sp³-hybridized carbons (Fsp3) is 0.917. The van der Waals surface area contributed by atoms with E-state index in [-0.39, 0.29) is 6.09 Å². The molecular formula is C12H22N2O2. The third kappa shape index (κ3) is 2.48. The Morgan fingerprint density at radius 2 is 2.12 bits per heavy atom. The molecule has 0 aromatic heterocycles. The van der Waals surface area contributed by atoms with Gasteiger partial charge in [0, 0.05) is 12.6 Å². The van der Waals surface area contributed by atoms with Gasteiger partial charge in [-0.1, -0.05) is 0 Å². The number of amides is 1. The van der Waals surface area contributed by atoms with Crippen molar-refractivity contribution in [2.75, 3.05) is 13.1 Å². The third-order valence-corrected chi connectivity index (χ3v) is 3.25. The van der Waals surface area contributed by atoms with Crippen LogP contribution in [0, 0.1) is 0 Å². The second kappa shape index (κ2) is 4.24. The lowest BCUT2D eigenvalue weighted by molar-refractivity contribution is 0.00884. The molecule has 2 aliphatic rings. The lowest BCUT2D eigenvalue weighted by Gasteiger charge is -2.38. The summed E-state index contributed by atoms with van der Waals surface area (Å²) in [6.45, 7) is 7.62. The fourth-order valence-electron chi connectivity index (χ4n) is 2.62. The van der Waals surface area contributed by atoms with Gasteiger partial charge in [-0.05, 0) is 46.6 Å². The first-order valence-electron chi connectivity index (χ1n) is 6.20. The second-order valence-electron chi connectivity index (χ2n) is 5.73. The number of ether oxygens (including phenoxy) is 1. The number of rotatable bonds is 0. The Labute approximate surface area is 97.3 Å². The van der Waals surface area contributed by atoms with Gasteiger partial charge < -0.3 is 15.0 Å². The van der Waals surface area contributed by atoms with Crippen LogP contribution >= 0.6 is 0 Å². The Kier molecular flexibility index (Phi) is 3.10. The minimum absolute atomic E-state index is 0.147. The molecule has 16 heavy (non-hydrogen) atoms. The average molecular weight is 226 g/mol. The molecule has 2 saturated heterocycles. The molecule has 2 fully saturated rings. The lowest BCUT2D eigenvalue weighted by atomic mass is 9.98. The molecule has 2 atom stereocenters. The van der Waals surface area contributed by atoms with Crippen LogP contribution < -0.4 is 5.32 Å². The van der Waals surface area contributed by atoms with Crippen molar-refractivity contribution in [3.05, 3.63) is 0 Å². The van der Waals surface area contributed by atoms with Gasteiger partial charge in [0.2, 0.25) is 0 Å². The van der Waals surface area contributed by atoms with Crippen molar-refractivity contribution in [3.63, 3.8) is 0 Å². The Hall–Kier alpha value is -0.770. The maximum atomic E-state index is 12.0. The van der Waals surface area contributed by atoms with Crippen molar-refractivity contribution in [1.29, 1.82) is 0 Å². The molecule has 0 spiro atoms. The molecular weight excluding hydrogens is 204 g/mol. The molecule has 2 heterocycles. The zero-order chi connectivity index (χ0) is 11.8. The van der Waals surface area contributed by atoms with Crippen LogP contribution in [-0.4, -0.2) is 41.8 Å². The van der Waals surface area contributed by atoms with E-state index in [1.54, 1.807) is 0 Å². The summed E-state index contributed by atoms with van der Waals surface area (Å²) in [6.07, 6.45) is 3.17. The highest BCUT2D eigenvalue weighted by molar-refractivity contribution is 5.69. The molecule has 1 N–H and O–H groups in total. The van der Waals surface area contributed by atoms with Crippen LogP contribution in [-0.2, 0) is 4.74 Å². The van der Waals surface area contributed by atoms with Crippen molar-refractivity contribution >= 4 is 6.09 Å². The number of piperidine rings is 1. The molecule has 4 nitrogen and oxygen atoms in total. The van der Waals surface area contributed by atoms with Crippen LogP contribution in [0.3, 0.4) is 0 Å². The fourth-order valence-corrected chi connectivity index (χ4v) is 2.62. The number of nitrogens with one attached hydrogen (secondary N) is 1. The van der Waals surface area contributed by atoms with Crippen LogP contribution in [0.25, 0.3) is 0 Å². The number of carbonyl (C=O) groups excluding carboxylic acids is 1. The standard InChI is InChI=1S/C12H22N2O2/c1-12(2,3)16-11(15)14-8-4-5-9-10(14)6-7-13-9/h9-10,13H,4-8H2,1-3H3/t9-,10+/m0/s1. The molecule has 2 aliphatic heterocycles. The summed E-state index contributed by atoms with van der Waals surface area (Å²) in [7, 11) is 0. The van der Waals surface area contributed by atoms with Gasteiger partial charge in [-0.2, -0.15) is 0 Å². The van der Waals surface area contributed by atoms with Crippen molar-refractivity contribution in [1.82, 2.24) is 10.2 Å². The SMILES string of the molecule is CC(C)(C)OC(=O)N1CCC[C@@H]2NCC[C@H]21. The molecule has 4 heteroatoms. The van der Waals surface area contributed by atoms with Crippen LogP contribution in [0.2, 0.25) is 0 Å². The van der Waals surface area contributed by atoms with Crippen LogP contribution in [0.1, 0.15) is 40.0 Å². The van der Waals surface area contributed by atoms with E-state index >= 15 is 0 Å². The van der Waals surface area contributed by atoms with Crippen molar-refractivity contribution in [2.24, 2.45) is 0 Å². The largest absolute Gasteiger partial charge is 0.444 e. The number of hydrogen-bond acceptors (Lipinski definition) is 3. The summed E-state index contributed by atoms with van der Waals surface area (Å²) in [5.41, 5.74) is -0.393. The summed E-state index contributed by atoms with van der Waals surface area (Å²) in [5, 5.41) is 3.46. The molecule has 0 unspecified atom stereocenters. The van der Waals surface area contributed by atoms with Crippen LogP contribution in [0.5, 0.6) is 0 Å². The topological polar surface area (TPSA) is 41.6 Å². The Morgan fingerprint density at radius 3 is 2.81 bits per heavy atom. The van der Waals surface area contributed by atoms with Crippen LogP contribution in [0.15, 0.2) is 0 Å². The summed E-state index contributed by atoms with van der Waals surface area (Å²) in [5.74, 6) is 0. The molecule has 0 bridgehead atoms. The Balaban J connectivity index is 2.00. The Morgan fingerprint density at radius 1 is 1.38 bits per heavy atom. The highest BCUT2D eigenvalue weighted by Crippen LogP contribution is 2.25. The molecule has 0 aliphatic carbocycles. The van der Waals surface area contributed by atoms with E-state index in [4.69, 9.17) is 4.74 Å². The summed E-state index contributed by atoms with van der Waals surface area (Å²) >= 11 is 0. The first kappa shape index (κ1) is 11.7. The first-order valence-corrected chi connectivity index (χ1v) is 6.20. The van der Waals surface area contributed by atoms with E-state index in [2.05, 4.69) is 5.32 Å². The van der Waals surface area contributed by atoms with Crippen LogP contribution in [0.4, 0.5) is 4.79 Å². The van der Waals surface area contributed by atoms with Gasteiger partial charge in [-0.25, -0.2) is 4.79 Å². The molecule has 0 aromatic rings. The van der Waals surface area contributed by atoms with Crippen molar-refractivity contribution in [3.8, 4) is 0 Å². The lowest BCUT2D eigenvalue weighted by Crippen LogP contribution is -2.52. The van der Waals surface area contributed by atoms with Gasteiger partial charge in [0.1, 0.15) is 5.60 Å². The van der Waals surface area contributed by atoms with E-state index in [1.165, 1.54) is 6.42 Å². The summed E-state index contributed by atoms with van der Waals surface area (Å²) in [6, 6.07) is 0.838. The normalized spacial score (nSPS) is 30.1. The number of fused-ring (bicyclic) bond motifs is 1. The average Bonchev–Trinajstić information content (AvgIpc) is 2.61. The first-order chi connectivity index (χ1) is 7.47. The highest BCUT2D eigenvalue weighted by atomic mass is 16.6. The summed E-state index contributed by atoms with van der Waals surface area (Å²) < 4.78 is 5.44. The van der Waals surface area contributed by atoms with Gasteiger partial charge in [0.05, 0.1) is 6.04 Å². The highest BCUT2D eigenvalue weighted by Gasteiger charge is 2.38. The molecule has 0 radical (unpaired) electrons. The van der Waals surface area contributed by atoms with Gasteiger partial charge in [-0.15, -0.1) is 0 Å². The quantitative estimate of drug-likeness (QED) is 0.684. The molecule has 92 valence electrons. The number of nitrogens with zero attached hydrogens (tertiary/aromatic N) is 1. The van der Waals surface area contributed by atoms with Gasteiger partial charge in [-0.3, -0.25) is 0 Å². The maximum Gasteiger partial charge on any atom is 0.410 e. The van der Waals surface area contributed by atoms with E-state index in [0.717, 1.165) is 25.9 Å². The van der Waals surface area contributed by atoms with Gasteiger partial charge in [0.15, 0.2) is 0 Å². The minimum Gasteiger partial charge on any atom is -0.444 e. The molecule has 0 aromatic carbocycles. The second-order valence-corrected chi connectivity index (χ2v) is 5.73. The van der Waals surface area contributed by atoms with E-state index in [9.17, 15) is 4.79 Å². The zero-order valence-corrected chi connectivity index (χ0v) is 10.5. The van der Waals surface area contributed by atoms with Gasteiger partial charge in [0.25, 0.3) is 0 Å². The molecule has 2 rings (SSSR count). The van der Waals surface area contributed by atoms with E-state index in [1.807, 2.05) is 25.7 Å². The van der Waals surface area contributed by atoms with E-state index in [0.29, 0.717) is 12.1 Å². The van der Waals surface area contributed by atoms with E-state index < -0.39 is 5.60 Å². The monoisotopic (exact) mass is 226 g/mol. The van der Waals surface area contributed by atoms with Crippen molar-refractivity contribution < 1.29 is 9.53 Å². The van der Waals surface area contributed by atoms with Gasteiger partial charge >= 0.3 is 6.09 Å².